The Labute approximate surface area is 135 Å². The summed E-state index contributed by atoms with van der Waals surface area (Å²) in [6, 6.07) is 10.9. The first kappa shape index (κ1) is 16.0. The van der Waals surface area contributed by atoms with Crippen molar-refractivity contribution in [1.82, 2.24) is 10.2 Å². The summed E-state index contributed by atoms with van der Waals surface area (Å²) < 4.78 is 6.12. The highest BCUT2D eigenvalue weighted by Gasteiger charge is 2.22. The van der Waals surface area contributed by atoms with Gasteiger partial charge in [-0.25, -0.2) is 0 Å². The molecule has 3 nitrogen and oxygen atoms in total. The molecule has 1 heterocycles. The van der Waals surface area contributed by atoms with Gasteiger partial charge in [-0.3, -0.25) is 4.90 Å². The van der Waals surface area contributed by atoms with Crippen molar-refractivity contribution in [2.24, 2.45) is 5.92 Å². The normalized spacial score (nSPS) is 26.9. The zero-order valence-corrected chi connectivity index (χ0v) is 13.7. The quantitative estimate of drug-likeness (QED) is 0.874. The summed E-state index contributed by atoms with van der Waals surface area (Å²) in [5, 5.41) is 3.40. The van der Waals surface area contributed by atoms with Gasteiger partial charge < -0.3 is 10.1 Å². The maximum absolute atomic E-state index is 6.12. The molecule has 3 rings (SSSR count). The molecule has 1 N–H and O–H groups in total. The second-order valence-corrected chi connectivity index (χ2v) is 6.79. The molecule has 0 amide bonds. The minimum atomic E-state index is 0.509. The van der Waals surface area contributed by atoms with Gasteiger partial charge in [0.15, 0.2) is 0 Å². The third kappa shape index (κ3) is 5.08. The van der Waals surface area contributed by atoms with Crippen LogP contribution < -0.4 is 5.32 Å². The molecule has 22 heavy (non-hydrogen) atoms. The van der Waals surface area contributed by atoms with E-state index in [9.17, 15) is 0 Å². The van der Waals surface area contributed by atoms with Gasteiger partial charge in [-0.1, -0.05) is 30.3 Å². The van der Waals surface area contributed by atoms with E-state index in [4.69, 9.17) is 4.74 Å². The predicted octanol–water partition coefficient (Wildman–Crippen LogP) is 2.71. The number of benzene rings is 1. The molecule has 0 radical (unpaired) electrons. The number of ether oxygens (including phenoxy) is 1. The fourth-order valence-corrected chi connectivity index (χ4v) is 3.73. The minimum Gasteiger partial charge on any atom is -0.377 e. The largest absolute Gasteiger partial charge is 0.377 e. The summed E-state index contributed by atoms with van der Waals surface area (Å²) in [6.45, 7) is 6.62. The molecule has 0 bridgehead atoms. The molecule has 3 heteroatoms. The Kier molecular flexibility index (Phi) is 6.29. The molecule has 1 aromatic carbocycles. The molecule has 1 aliphatic heterocycles. The maximum atomic E-state index is 6.12. The van der Waals surface area contributed by atoms with Gasteiger partial charge in [0.05, 0.1) is 12.7 Å². The Bertz CT molecular complexity index is 409. The monoisotopic (exact) mass is 302 g/mol. The summed E-state index contributed by atoms with van der Waals surface area (Å²) in [4.78, 5) is 2.51. The highest BCUT2D eigenvalue weighted by molar-refractivity contribution is 5.15. The van der Waals surface area contributed by atoms with Crippen LogP contribution in [0, 0.1) is 5.92 Å². The van der Waals surface area contributed by atoms with Crippen molar-refractivity contribution < 1.29 is 4.74 Å². The maximum Gasteiger partial charge on any atom is 0.0597 e. The van der Waals surface area contributed by atoms with Gasteiger partial charge in [-0.15, -0.1) is 0 Å². The molecule has 2 aliphatic rings. The van der Waals surface area contributed by atoms with E-state index in [1.54, 1.807) is 0 Å². The predicted molar refractivity (Wildman–Crippen MR) is 91.2 cm³/mol. The van der Waals surface area contributed by atoms with Crippen LogP contribution in [0.2, 0.25) is 0 Å². The summed E-state index contributed by atoms with van der Waals surface area (Å²) in [5.41, 5.74) is 1.49. The lowest BCUT2D eigenvalue weighted by atomic mass is 9.83. The van der Waals surface area contributed by atoms with E-state index in [0.717, 1.165) is 32.2 Å². The Morgan fingerprint density at radius 3 is 2.45 bits per heavy atom. The van der Waals surface area contributed by atoms with E-state index in [0.29, 0.717) is 6.10 Å². The Morgan fingerprint density at radius 2 is 1.73 bits per heavy atom. The van der Waals surface area contributed by atoms with E-state index in [2.05, 4.69) is 40.5 Å². The van der Waals surface area contributed by atoms with Crippen LogP contribution in [0.5, 0.6) is 0 Å². The van der Waals surface area contributed by atoms with E-state index in [-0.39, 0.29) is 0 Å². The van der Waals surface area contributed by atoms with Gasteiger partial charge in [-0.2, -0.15) is 0 Å². The van der Waals surface area contributed by atoms with Crippen molar-refractivity contribution in [2.45, 2.75) is 38.2 Å². The Morgan fingerprint density at radius 1 is 1.00 bits per heavy atom. The molecule has 1 saturated carbocycles. The minimum absolute atomic E-state index is 0.509. The lowest BCUT2D eigenvalue weighted by Gasteiger charge is -2.31. The molecule has 0 unspecified atom stereocenters. The zero-order valence-electron chi connectivity index (χ0n) is 13.7. The average Bonchev–Trinajstić information content (AvgIpc) is 2.58. The van der Waals surface area contributed by atoms with Crippen molar-refractivity contribution in [3.8, 4) is 0 Å². The van der Waals surface area contributed by atoms with Crippen LogP contribution in [0.15, 0.2) is 30.3 Å². The molecule has 1 aliphatic carbocycles. The van der Waals surface area contributed by atoms with Crippen molar-refractivity contribution >= 4 is 0 Å². The standard InChI is InChI=1S/C19H30N2O/c1-2-4-17(5-3-1)16-18-6-8-19(9-7-18)22-15-14-21-12-10-20-11-13-21/h1-5,18-20H,6-16H2. The topological polar surface area (TPSA) is 24.5 Å². The number of nitrogens with one attached hydrogen (secondary N) is 1. The van der Waals surface area contributed by atoms with E-state index in [1.165, 1.54) is 50.8 Å². The van der Waals surface area contributed by atoms with Crippen molar-refractivity contribution in [1.29, 1.82) is 0 Å². The van der Waals surface area contributed by atoms with Gasteiger partial charge in [0, 0.05) is 32.7 Å². The first-order valence-electron chi connectivity index (χ1n) is 8.99. The van der Waals surface area contributed by atoms with Crippen molar-refractivity contribution in [2.75, 3.05) is 39.3 Å². The highest BCUT2D eigenvalue weighted by Crippen LogP contribution is 2.28. The molecule has 0 aromatic heterocycles. The highest BCUT2D eigenvalue weighted by atomic mass is 16.5. The smallest absolute Gasteiger partial charge is 0.0597 e. The number of rotatable bonds is 6. The van der Waals surface area contributed by atoms with Crippen LogP contribution in [0.4, 0.5) is 0 Å². The molecule has 0 atom stereocenters. The van der Waals surface area contributed by atoms with Crippen LogP contribution in [-0.2, 0) is 11.2 Å². The number of nitrogens with zero attached hydrogens (tertiary/aromatic N) is 1. The zero-order chi connectivity index (χ0) is 15.0. The SMILES string of the molecule is c1ccc(CC2CCC(OCCN3CCNCC3)CC2)cc1. The third-order valence-corrected chi connectivity index (χ3v) is 5.13. The van der Waals surface area contributed by atoms with Gasteiger partial charge in [-0.05, 0) is 43.6 Å². The molecular formula is C19H30N2O. The van der Waals surface area contributed by atoms with Crippen LogP contribution in [0.3, 0.4) is 0 Å². The van der Waals surface area contributed by atoms with Crippen LogP contribution in [0.25, 0.3) is 0 Å². The molecule has 122 valence electrons. The van der Waals surface area contributed by atoms with Gasteiger partial charge >= 0.3 is 0 Å². The third-order valence-electron chi connectivity index (χ3n) is 5.13. The van der Waals surface area contributed by atoms with Crippen molar-refractivity contribution in [3.05, 3.63) is 35.9 Å². The first-order valence-corrected chi connectivity index (χ1v) is 8.99. The fraction of sp³-hybridized carbons (Fsp3) is 0.684. The van der Waals surface area contributed by atoms with Gasteiger partial charge in [0.2, 0.25) is 0 Å². The molecule has 1 saturated heterocycles. The Balaban J connectivity index is 1.30. The first-order chi connectivity index (χ1) is 10.9. The summed E-state index contributed by atoms with van der Waals surface area (Å²) in [6.07, 6.45) is 6.90. The number of piperazine rings is 1. The van der Waals surface area contributed by atoms with Crippen LogP contribution >= 0.6 is 0 Å². The van der Waals surface area contributed by atoms with E-state index in [1.807, 2.05) is 0 Å². The average molecular weight is 302 g/mol. The lowest BCUT2D eigenvalue weighted by molar-refractivity contribution is 0.00618. The summed E-state index contributed by atoms with van der Waals surface area (Å²) in [7, 11) is 0. The van der Waals surface area contributed by atoms with Gasteiger partial charge in [0.1, 0.15) is 0 Å². The number of hydrogen-bond acceptors (Lipinski definition) is 3. The molecule has 0 spiro atoms. The van der Waals surface area contributed by atoms with Crippen LogP contribution in [0.1, 0.15) is 31.2 Å². The molecular weight excluding hydrogens is 272 g/mol. The lowest BCUT2D eigenvalue weighted by Crippen LogP contribution is -2.44. The molecule has 1 aromatic rings. The number of hydrogen-bond donors (Lipinski definition) is 1. The summed E-state index contributed by atoms with van der Waals surface area (Å²) >= 11 is 0. The van der Waals surface area contributed by atoms with E-state index < -0.39 is 0 Å². The summed E-state index contributed by atoms with van der Waals surface area (Å²) in [5.74, 6) is 0.857. The second-order valence-electron chi connectivity index (χ2n) is 6.79. The van der Waals surface area contributed by atoms with Crippen LogP contribution in [-0.4, -0.2) is 50.3 Å². The molecule has 2 fully saturated rings. The van der Waals surface area contributed by atoms with E-state index >= 15 is 0 Å². The van der Waals surface area contributed by atoms with Crippen molar-refractivity contribution in [3.63, 3.8) is 0 Å². The fourth-order valence-electron chi connectivity index (χ4n) is 3.73. The second kappa shape index (κ2) is 8.66. The van der Waals surface area contributed by atoms with Gasteiger partial charge in [0.25, 0.3) is 0 Å². The Hall–Kier alpha value is -0.900.